The molecule has 0 bridgehead atoms. The van der Waals surface area contributed by atoms with E-state index >= 15 is 0 Å². The SMILES string of the molecule is Cc1ccoc1C(=O)Nc1ccc(N2CCOCC2)nc1. The van der Waals surface area contributed by atoms with Crippen molar-refractivity contribution in [1.29, 1.82) is 0 Å². The first-order chi connectivity index (χ1) is 10.2. The van der Waals surface area contributed by atoms with E-state index in [0.29, 0.717) is 11.4 Å². The zero-order valence-electron chi connectivity index (χ0n) is 11.8. The molecule has 1 amide bonds. The minimum Gasteiger partial charge on any atom is -0.459 e. The molecule has 0 aromatic carbocycles. The van der Waals surface area contributed by atoms with Gasteiger partial charge in [0.25, 0.3) is 5.91 Å². The number of aryl methyl sites for hydroxylation is 1. The number of anilines is 2. The van der Waals surface area contributed by atoms with E-state index in [1.54, 1.807) is 12.3 Å². The molecule has 2 aromatic heterocycles. The third-order valence-corrected chi connectivity index (χ3v) is 3.41. The Balaban J connectivity index is 1.67. The Morgan fingerprint density at radius 3 is 2.71 bits per heavy atom. The van der Waals surface area contributed by atoms with Crippen LogP contribution >= 0.6 is 0 Å². The number of carbonyl (C=O) groups is 1. The summed E-state index contributed by atoms with van der Waals surface area (Å²) in [5, 5.41) is 2.78. The minimum atomic E-state index is -0.265. The number of hydrogen-bond acceptors (Lipinski definition) is 5. The second-order valence-electron chi connectivity index (χ2n) is 4.89. The topological polar surface area (TPSA) is 67.6 Å². The molecule has 0 aliphatic carbocycles. The molecule has 0 spiro atoms. The molecule has 1 aliphatic heterocycles. The van der Waals surface area contributed by atoms with Gasteiger partial charge in [-0.05, 0) is 25.1 Å². The van der Waals surface area contributed by atoms with Crippen LogP contribution in [0.3, 0.4) is 0 Å². The Morgan fingerprint density at radius 1 is 1.29 bits per heavy atom. The molecular weight excluding hydrogens is 270 g/mol. The third-order valence-electron chi connectivity index (χ3n) is 3.41. The van der Waals surface area contributed by atoms with Crippen LogP contribution < -0.4 is 10.2 Å². The maximum atomic E-state index is 12.0. The predicted molar refractivity (Wildman–Crippen MR) is 78.7 cm³/mol. The Morgan fingerprint density at radius 2 is 2.10 bits per heavy atom. The summed E-state index contributed by atoms with van der Waals surface area (Å²) >= 11 is 0. The highest BCUT2D eigenvalue weighted by atomic mass is 16.5. The molecule has 6 nitrogen and oxygen atoms in total. The summed E-state index contributed by atoms with van der Waals surface area (Å²) < 4.78 is 10.5. The molecule has 0 radical (unpaired) electrons. The molecule has 21 heavy (non-hydrogen) atoms. The Labute approximate surface area is 122 Å². The number of aromatic nitrogens is 1. The first-order valence-electron chi connectivity index (χ1n) is 6.88. The van der Waals surface area contributed by atoms with E-state index in [1.807, 2.05) is 19.1 Å². The van der Waals surface area contributed by atoms with E-state index in [4.69, 9.17) is 9.15 Å². The van der Waals surface area contributed by atoms with Crippen molar-refractivity contribution in [1.82, 2.24) is 4.98 Å². The van der Waals surface area contributed by atoms with Gasteiger partial charge in [-0.1, -0.05) is 0 Å². The van der Waals surface area contributed by atoms with Crippen molar-refractivity contribution in [2.45, 2.75) is 6.92 Å². The van der Waals surface area contributed by atoms with Crippen LogP contribution in [-0.4, -0.2) is 37.2 Å². The number of furan rings is 1. The smallest absolute Gasteiger partial charge is 0.291 e. The maximum absolute atomic E-state index is 12.0. The quantitative estimate of drug-likeness (QED) is 0.936. The molecule has 1 fully saturated rings. The van der Waals surface area contributed by atoms with Crippen molar-refractivity contribution >= 4 is 17.4 Å². The number of rotatable bonds is 3. The number of nitrogens with zero attached hydrogens (tertiary/aromatic N) is 2. The van der Waals surface area contributed by atoms with Gasteiger partial charge in [0.2, 0.25) is 0 Å². The molecule has 1 aliphatic rings. The van der Waals surface area contributed by atoms with Crippen molar-refractivity contribution in [3.05, 3.63) is 42.0 Å². The van der Waals surface area contributed by atoms with Gasteiger partial charge in [0.05, 0.1) is 31.4 Å². The lowest BCUT2D eigenvalue weighted by Crippen LogP contribution is -2.36. The summed E-state index contributed by atoms with van der Waals surface area (Å²) in [6.07, 6.45) is 3.16. The van der Waals surface area contributed by atoms with Gasteiger partial charge in [-0.15, -0.1) is 0 Å². The van der Waals surface area contributed by atoms with Crippen LogP contribution in [0.5, 0.6) is 0 Å². The summed E-state index contributed by atoms with van der Waals surface area (Å²) in [6.45, 7) is 4.95. The normalized spacial score (nSPS) is 15.0. The molecular formula is C15H17N3O3. The van der Waals surface area contributed by atoms with E-state index in [0.717, 1.165) is 37.7 Å². The zero-order chi connectivity index (χ0) is 14.7. The summed E-state index contributed by atoms with van der Waals surface area (Å²) in [6, 6.07) is 5.50. The average molecular weight is 287 g/mol. The summed E-state index contributed by atoms with van der Waals surface area (Å²) in [4.78, 5) is 18.6. The van der Waals surface area contributed by atoms with Crippen LogP contribution in [0.1, 0.15) is 16.1 Å². The molecule has 2 aromatic rings. The van der Waals surface area contributed by atoms with E-state index < -0.39 is 0 Å². The fourth-order valence-corrected chi connectivity index (χ4v) is 2.23. The Bertz CT molecular complexity index is 615. The van der Waals surface area contributed by atoms with Crippen LogP contribution in [0.15, 0.2) is 35.1 Å². The van der Waals surface area contributed by atoms with E-state index in [1.165, 1.54) is 6.26 Å². The number of hydrogen-bond donors (Lipinski definition) is 1. The van der Waals surface area contributed by atoms with Gasteiger partial charge in [-0.25, -0.2) is 4.98 Å². The monoisotopic (exact) mass is 287 g/mol. The van der Waals surface area contributed by atoms with E-state index in [9.17, 15) is 4.79 Å². The molecule has 110 valence electrons. The van der Waals surface area contributed by atoms with Crippen LogP contribution in [0.25, 0.3) is 0 Å². The second kappa shape index (κ2) is 5.97. The molecule has 0 saturated carbocycles. The van der Waals surface area contributed by atoms with Gasteiger partial charge >= 0.3 is 0 Å². The number of pyridine rings is 1. The molecule has 6 heteroatoms. The molecule has 0 atom stereocenters. The molecule has 3 heterocycles. The standard InChI is InChI=1S/C15H17N3O3/c1-11-4-7-21-14(11)15(19)17-12-2-3-13(16-10-12)18-5-8-20-9-6-18/h2-4,7,10H,5-6,8-9H2,1H3,(H,17,19). The van der Waals surface area contributed by atoms with Gasteiger partial charge in [0.15, 0.2) is 5.76 Å². The first kappa shape index (κ1) is 13.6. The fraction of sp³-hybridized carbons (Fsp3) is 0.333. The largest absolute Gasteiger partial charge is 0.459 e. The summed E-state index contributed by atoms with van der Waals surface area (Å²) in [5.74, 6) is 0.955. The summed E-state index contributed by atoms with van der Waals surface area (Å²) in [7, 11) is 0. The highest BCUT2D eigenvalue weighted by Crippen LogP contribution is 2.17. The fourth-order valence-electron chi connectivity index (χ4n) is 2.23. The minimum absolute atomic E-state index is 0.265. The average Bonchev–Trinajstić information content (AvgIpc) is 2.95. The van der Waals surface area contributed by atoms with Crippen LogP contribution in [0.2, 0.25) is 0 Å². The number of carbonyl (C=O) groups excluding carboxylic acids is 1. The van der Waals surface area contributed by atoms with Crippen molar-refractivity contribution in [3.63, 3.8) is 0 Å². The number of nitrogens with one attached hydrogen (secondary N) is 1. The van der Waals surface area contributed by atoms with Gasteiger partial charge in [0.1, 0.15) is 5.82 Å². The Kier molecular flexibility index (Phi) is 3.87. The lowest BCUT2D eigenvalue weighted by Gasteiger charge is -2.27. The molecule has 3 rings (SSSR count). The van der Waals surface area contributed by atoms with Crippen LogP contribution in [-0.2, 0) is 4.74 Å². The highest BCUT2D eigenvalue weighted by molar-refractivity contribution is 6.03. The summed E-state index contributed by atoms with van der Waals surface area (Å²) in [5.41, 5.74) is 1.46. The van der Waals surface area contributed by atoms with Crippen LogP contribution in [0, 0.1) is 6.92 Å². The van der Waals surface area contributed by atoms with E-state index in [-0.39, 0.29) is 5.91 Å². The van der Waals surface area contributed by atoms with Gasteiger partial charge in [0, 0.05) is 18.7 Å². The van der Waals surface area contributed by atoms with Crippen molar-refractivity contribution in [2.75, 3.05) is 36.5 Å². The highest BCUT2D eigenvalue weighted by Gasteiger charge is 2.14. The van der Waals surface area contributed by atoms with Crippen molar-refractivity contribution in [2.24, 2.45) is 0 Å². The Hall–Kier alpha value is -2.34. The molecule has 1 N–H and O–H groups in total. The zero-order valence-corrected chi connectivity index (χ0v) is 11.8. The van der Waals surface area contributed by atoms with Gasteiger partial charge < -0.3 is 19.4 Å². The molecule has 1 saturated heterocycles. The predicted octanol–water partition coefficient (Wildman–Crippen LogP) is 2.07. The lowest BCUT2D eigenvalue weighted by atomic mass is 10.2. The molecule has 0 unspecified atom stereocenters. The second-order valence-corrected chi connectivity index (χ2v) is 4.89. The lowest BCUT2D eigenvalue weighted by molar-refractivity contribution is 0.0996. The van der Waals surface area contributed by atoms with E-state index in [2.05, 4.69) is 15.2 Å². The number of morpholine rings is 1. The van der Waals surface area contributed by atoms with Gasteiger partial charge in [-0.3, -0.25) is 4.79 Å². The number of amides is 1. The number of ether oxygens (including phenoxy) is 1. The first-order valence-corrected chi connectivity index (χ1v) is 6.88. The van der Waals surface area contributed by atoms with Crippen LogP contribution in [0.4, 0.5) is 11.5 Å². The maximum Gasteiger partial charge on any atom is 0.291 e. The third kappa shape index (κ3) is 3.05. The van der Waals surface area contributed by atoms with Crippen molar-refractivity contribution in [3.8, 4) is 0 Å². The van der Waals surface area contributed by atoms with Gasteiger partial charge in [-0.2, -0.15) is 0 Å². The van der Waals surface area contributed by atoms with Crippen molar-refractivity contribution < 1.29 is 13.9 Å².